The lowest BCUT2D eigenvalue weighted by Gasteiger charge is -2.12. The number of carbonyl (C=O) groups is 1. The largest absolute Gasteiger partial charge is 0.493 e. The van der Waals surface area contributed by atoms with Gasteiger partial charge in [0.05, 0.1) is 19.7 Å². The average Bonchev–Trinajstić information content (AvgIpc) is 2.83. The van der Waals surface area contributed by atoms with E-state index in [1.807, 2.05) is 66.7 Å². The number of nitrogens with zero attached hydrogens (tertiary/aromatic N) is 2. The van der Waals surface area contributed by atoms with E-state index in [0.717, 1.165) is 27.8 Å². The van der Waals surface area contributed by atoms with Crippen molar-refractivity contribution in [1.29, 1.82) is 0 Å². The van der Waals surface area contributed by atoms with Gasteiger partial charge < -0.3 is 20.1 Å². The maximum Gasteiger partial charge on any atom is 0.248 e. The highest BCUT2D eigenvalue weighted by Gasteiger charge is 2.11. The van der Waals surface area contributed by atoms with Crippen molar-refractivity contribution < 1.29 is 14.3 Å². The van der Waals surface area contributed by atoms with Crippen LogP contribution >= 0.6 is 0 Å². The fraction of sp³-hybridized carbons (Fsp3) is 0.0800. The molecule has 0 spiro atoms. The van der Waals surface area contributed by atoms with Crippen LogP contribution in [0.2, 0.25) is 0 Å². The zero-order valence-electron chi connectivity index (χ0n) is 17.7. The van der Waals surface area contributed by atoms with Gasteiger partial charge in [0, 0.05) is 28.9 Å². The Bertz CT molecular complexity index is 1260. The summed E-state index contributed by atoms with van der Waals surface area (Å²) in [5, 5.41) is 6.94. The van der Waals surface area contributed by atoms with Gasteiger partial charge in [0.2, 0.25) is 5.91 Å². The first kappa shape index (κ1) is 20.9. The Kier molecular flexibility index (Phi) is 6.27. The number of para-hydroxylation sites is 1. The van der Waals surface area contributed by atoms with Crippen LogP contribution in [-0.2, 0) is 4.79 Å². The minimum atomic E-state index is -0.185. The number of anilines is 3. The highest BCUT2D eigenvalue weighted by Crippen LogP contribution is 2.34. The lowest BCUT2D eigenvalue weighted by Crippen LogP contribution is -2.07. The maximum absolute atomic E-state index is 12.1. The van der Waals surface area contributed by atoms with E-state index in [-0.39, 0.29) is 5.91 Å². The van der Waals surface area contributed by atoms with Crippen LogP contribution in [0.1, 0.15) is 5.56 Å². The number of aromatic nitrogens is 2. The van der Waals surface area contributed by atoms with Crippen LogP contribution in [0.5, 0.6) is 11.5 Å². The van der Waals surface area contributed by atoms with E-state index in [1.54, 1.807) is 20.3 Å². The molecule has 0 aliphatic heterocycles. The second-order valence-electron chi connectivity index (χ2n) is 6.88. The van der Waals surface area contributed by atoms with E-state index in [1.165, 1.54) is 12.4 Å². The Hall–Kier alpha value is -4.39. The van der Waals surface area contributed by atoms with E-state index >= 15 is 0 Å². The summed E-state index contributed by atoms with van der Waals surface area (Å²) in [5.74, 6) is 1.68. The van der Waals surface area contributed by atoms with Crippen molar-refractivity contribution in [2.24, 2.45) is 0 Å². The molecule has 160 valence electrons. The average molecular weight is 426 g/mol. The molecule has 0 atom stereocenters. The predicted octanol–water partition coefficient (Wildman–Crippen LogP) is 5.04. The number of rotatable bonds is 7. The van der Waals surface area contributed by atoms with Gasteiger partial charge in [-0.2, -0.15) is 0 Å². The van der Waals surface area contributed by atoms with Crippen molar-refractivity contribution in [2.45, 2.75) is 0 Å². The molecule has 0 saturated carbocycles. The molecule has 0 saturated heterocycles. The second kappa shape index (κ2) is 9.61. The summed E-state index contributed by atoms with van der Waals surface area (Å²) in [7, 11) is 3.18. The van der Waals surface area contributed by atoms with Gasteiger partial charge >= 0.3 is 0 Å². The van der Waals surface area contributed by atoms with Crippen molar-refractivity contribution >= 4 is 40.1 Å². The molecule has 0 aliphatic rings. The number of amides is 1. The Morgan fingerprint density at radius 1 is 0.875 bits per heavy atom. The number of methoxy groups -OCH3 is 2. The molecule has 1 amide bonds. The van der Waals surface area contributed by atoms with Gasteiger partial charge in [-0.3, -0.25) is 4.79 Å². The third kappa shape index (κ3) is 4.84. The van der Waals surface area contributed by atoms with E-state index < -0.39 is 0 Å². The fourth-order valence-corrected chi connectivity index (χ4v) is 3.17. The summed E-state index contributed by atoms with van der Waals surface area (Å²) in [4.78, 5) is 20.8. The SMILES string of the molecule is COc1cc2ncnc(Nc3ccc(C=CC(=O)Nc4ccccc4)cc3)c2cc1OC. The molecule has 1 heterocycles. The molecule has 0 fully saturated rings. The molecule has 1 aromatic heterocycles. The summed E-state index contributed by atoms with van der Waals surface area (Å²) in [6, 6.07) is 20.7. The molecule has 7 heteroatoms. The molecule has 4 rings (SSSR count). The molecule has 0 radical (unpaired) electrons. The minimum absolute atomic E-state index is 0.185. The highest BCUT2D eigenvalue weighted by molar-refractivity contribution is 6.02. The van der Waals surface area contributed by atoms with E-state index in [9.17, 15) is 4.79 Å². The van der Waals surface area contributed by atoms with Crippen molar-refractivity contribution in [2.75, 3.05) is 24.9 Å². The number of benzene rings is 3. The first-order valence-electron chi connectivity index (χ1n) is 9.94. The Morgan fingerprint density at radius 3 is 2.31 bits per heavy atom. The van der Waals surface area contributed by atoms with Gasteiger partial charge in [0.25, 0.3) is 0 Å². The lowest BCUT2D eigenvalue weighted by atomic mass is 10.1. The molecule has 0 bridgehead atoms. The summed E-state index contributed by atoms with van der Waals surface area (Å²) in [6.45, 7) is 0. The van der Waals surface area contributed by atoms with Crippen LogP contribution in [0, 0.1) is 0 Å². The molecule has 4 aromatic rings. The van der Waals surface area contributed by atoms with E-state index in [4.69, 9.17) is 9.47 Å². The molecule has 0 unspecified atom stereocenters. The first-order valence-corrected chi connectivity index (χ1v) is 9.94. The molecule has 3 aromatic carbocycles. The number of hydrogen-bond donors (Lipinski definition) is 2. The van der Waals surface area contributed by atoms with E-state index in [2.05, 4.69) is 20.6 Å². The number of hydrogen-bond acceptors (Lipinski definition) is 6. The van der Waals surface area contributed by atoms with Crippen LogP contribution in [0.4, 0.5) is 17.2 Å². The molecular formula is C25H22N4O3. The fourth-order valence-electron chi connectivity index (χ4n) is 3.17. The molecule has 2 N–H and O–H groups in total. The normalized spacial score (nSPS) is 10.8. The Morgan fingerprint density at radius 2 is 1.59 bits per heavy atom. The monoisotopic (exact) mass is 426 g/mol. The number of ether oxygens (including phenoxy) is 2. The van der Waals surface area contributed by atoms with Crippen molar-refractivity contribution in [3.05, 3.63) is 84.7 Å². The standard InChI is InChI=1S/C25H22N4O3/c1-31-22-14-20-21(15-23(22)32-2)26-16-27-25(20)29-19-11-8-17(9-12-19)10-13-24(30)28-18-6-4-3-5-7-18/h3-16H,1-2H3,(H,28,30)(H,26,27,29). The summed E-state index contributed by atoms with van der Waals surface area (Å²) in [6.07, 6.45) is 4.77. The number of fused-ring (bicyclic) bond motifs is 1. The number of carbonyl (C=O) groups excluding carboxylic acids is 1. The van der Waals surface area contributed by atoms with Crippen LogP contribution in [-0.4, -0.2) is 30.1 Å². The Balaban J connectivity index is 1.48. The van der Waals surface area contributed by atoms with Crippen molar-refractivity contribution in [3.63, 3.8) is 0 Å². The summed E-state index contributed by atoms with van der Waals surface area (Å²) in [5.41, 5.74) is 3.25. The van der Waals surface area contributed by atoms with Gasteiger partial charge in [-0.15, -0.1) is 0 Å². The molecular weight excluding hydrogens is 404 g/mol. The van der Waals surface area contributed by atoms with Crippen molar-refractivity contribution in [3.8, 4) is 11.5 Å². The van der Waals surface area contributed by atoms with Crippen LogP contribution in [0.3, 0.4) is 0 Å². The van der Waals surface area contributed by atoms with Gasteiger partial charge in [-0.25, -0.2) is 9.97 Å². The maximum atomic E-state index is 12.1. The third-order valence-corrected chi connectivity index (χ3v) is 4.78. The van der Waals surface area contributed by atoms with Gasteiger partial charge in [0.1, 0.15) is 12.1 Å². The third-order valence-electron chi connectivity index (χ3n) is 4.78. The first-order chi connectivity index (χ1) is 15.7. The van der Waals surface area contributed by atoms with Crippen LogP contribution in [0.15, 0.2) is 79.1 Å². The lowest BCUT2D eigenvalue weighted by molar-refractivity contribution is -0.111. The van der Waals surface area contributed by atoms with Crippen molar-refractivity contribution in [1.82, 2.24) is 9.97 Å². The Labute approximate surface area is 185 Å². The summed E-state index contributed by atoms with van der Waals surface area (Å²) < 4.78 is 10.7. The van der Waals surface area contributed by atoms with Crippen LogP contribution in [0.25, 0.3) is 17.0 Å². The second-order valence-corrected chi connectivity index (χ2v) is 6.88. The quantitative estimate of drug-likeness (QED) is 0.403. The predicted molar refractivity (Wildman–Crippen MR) is 126 cm³/mol. The minimum Gasteiger partial charge on any atom is -0.493 e. The van der Waals surface area contributed by atoms with Gasteiger partial charge in [0.15, 0.2) is 11.5 Å². The molecule has 32 heavy (non-hydrogen) atoms. The number of nitrogens with one attached hydrogen (secondary N) is 2. The molecule has 7 nitrogen and oxygen atoms in total. The van der Waals surface area contributed by atoms with Gasteiger partial charge in [-0.1, -0.05) is 30.3 Å². The molecule has 0 aliphatic carbocycles. The highest BCUT2D eigenvalue weighted by atomic mass is 16.5. The zero-order valence-corrected chi connectivity index (χ0v) is 17.7. The van der Waals surface area contributed by atoms with Gasteiger partial charge in [-0.05, 0) is 42.0 Å². The van der Waals surface area contributed by atoms with Crippen LogP contribution < -0.4 is 20.1 Å². The smallest absolute Gasteiger partial charge is 0.248 e. The van der Waals surface area contributed by atoms with E-state index in [0.29, 0.717) is 17.3 Å². The topological polar surface area (TPSA) is 85.4 Å². The summed E-state index contributed by atoms with van der Waals surface area (Å²) >= 11 is 0. The zero-order chi connectivity index (χ0) is 22.3.